The molecule has 1 N–H and O–H groups in total. The Morgan fingerprint density at radius 1 is 1.56 bits per heavy atom. The highest BCUT2D eigenvalue weighted by Gasteiger charge is 2.23. The SMILES string of the molecule is CC(C)C(=O)NC1CC1. The zero-order chi connectivity index (χ0) is 6.85. The average Bonchev–Trinajstić information content (AvgIpc) is 2.50. The van der Waals surface area contributed by atoms with Gasteiger partial charge in [0.05, 0.1) is 0 Å². The van der Waals surface area contributed by atoms with Crippen molar-refractivity contribution in [2.75, 3.05) is 0 Å². The number of rotatable bonds is 2. The Morgan fingerprint density at radius 3 is 2.44 bits per heavy atom. The third kappa shape index (κ3) is 2.04. The van der Waals surface area contributed by atoms with Crippen LogP contribution in [0.3, 0.4) is 0 Å². The summed E-state index contributed by atoms with van der Waals surface area (Å²) < 4.78 is 0. The molecule has 0 aromatic carbocycles. The van der Waals surface area contributed by atoms with Gasteiger partial charge >= 0.3 is 0 Å². The highest BCUT2D eigenvalue weighted by Crippen LogP contribution is 2.18. The van der Waals surface area contributed by atoms with E-state index < -0.39 is 0 Å². The number of amides is 1. The zero-order valence-electron chi connectivity index (χ0n) is 5.98. The van der Waals surface area contributed by atoms with Gasteiger partial charge in [0.25, 0.3) is 0 Å². The van der Waals surface area contributed by atoms with E-state index in [9.17, 15) is 4.79 Å². The minimum atomic E-state index is 0.144. The second kappa shape index (κ2) is 2.38. The smallest absolute Gasteiger partial charge is 0.222 e. The van der Waals surface area contributed by atoms with E-state index in [2.05, 4.69) is 5.32 Å². The van der Waals surface area contributed by atoms with Gasteiger partial charge in [0, 0.05) is 12.0 Å². The van der Waals surface area contributed by atoms with Crippen molar-refractivity contribution in [3.63, 3.8) is 0 Å². The molecule has 9 heavy (non-hydrogen) atoms. The average molecular weight is 127 g/mol. The van der Waals surface area contributed by atoms with Crippen LogP contribution >= 0.6 is 0 Å². The lowest BCUT2D eigenvalue weighted by atomic mass is 10.2. The van der Waals surface area contributed by atoms with Gasteiger partial charge in [0.15, 0.2) is 0 Å². The first-order chi connectivity index (χ1) is 4.20. The van der Waals surface area contributed by atoms with Crippen LogP contribution in [0.15, 0.2) is 0 Å². The van der Waals surface area contributed by atoms with Crippen molar-refractivity contribution in [1.29, 1.82) is 0 Å². The number of hydrogen-bond acceptors (Lipinski definition) is 1. The summed E-state index contributed by atoms with van der Waals surface area (Å²) in [6, 6.07) is 0.514. The Bertz CT molecular complexity index is 116. The fourth-order valence-electron chi connectivity index (χ4n) is 0.596. The van der Waals surface area contributed by atoms with Crippen LogP contribution in [0.25, 0.3) is 0 Å². The normalized spacial score (nSPS) is 18.1. The molecule has 1 rings (SSSR count). The molecule has 0 aromatic rings. The van der Waals surface area contributed by atoms with Crippen molar-refractivity contribution in [3.05, 3.63) is 0 Å². The first-order valence-electron chi connectivity index (χ1n) is 3.50. The van der Waals surface area contributed by atoms with Gasteiger partial charge in [0.1, 0.15) is 0 Å². The monoisotopic (exact) mass is 127 g/mol. The van der Waals surface area contributed by atoms with Crippen molar-refractivity contribution in [3.8, 4) is 0 Å². The van der Waals surface area contributed by atoms with E-state index in [-0.39, 0.29) is 11.8 Å². The van der Waals surface area contributed by atoms with Gasteiger partial charge in [-0.3, -0.25) is 4.79 Å². The van der Waals surface area contributed by atoms with E-state index in [1.54, 1.807) is 0 Å². The van der Waals surface area contributed by atoms with Crippen LogP contribution in [0.4, 0.5) is 0 Å². The highest BCUT2D eigenvalue weighted by atomic mass is 16.1. The van der Waals surface area contributed by atoms with Crippen molar-refractivity contribution in [2.24, 2.45) is 5.92 Å². The largest absolute Gasteiger partial charge is 0.353 e. The first-order valence-corrected chi connectivity index (χ1v) is 3.50. The van der Waals surface area contributed by atoms with E-state index in [1.165, 1.54) is 12.8 Å². The Hall–Kier alpha value is -0.530. The summed E-state index contributed by atoms with van der Waals surface area (Å²) in [5.41, 5.74) is 0. The summed E-state index contributed by atoms with van der Waals surface area (Å²) in [5.74, 6) is 0.336. The van der Waals surface area contributed by atoms with Crippen LogP contribution in [-0.4, -0.2) is 11.9 Å². The molecule has 0 aliphatic heterocycles. The molecule has 1 amide bonds. The van der Waals surface area contributed by atoms with Crippen LogP contribution in [0.5, 0.6) is 0 Å². The van der Waals surface area contributed by atoms with E-state index in [0.29, 0.717) is 6.04 Å². The maximum atomic E-state index is 10.9. The van der Waals surface area contributed by atoms with Gasteiger partial charge in [-0.15, -0.1) is 0 Å². The molecule has 1 saturated carbocycles. The van der Waals surface area contributed by atoms with Crippen LogP contribution in [0, 0.1) is 5.92 Å². The van der Waals surface area contributed by atoms with Crippen LogP contribution in [-0.2, 0) is 4.79 Å². The van der Waals surface area contributed by atoms with E-state index >= 15 is 0 Å². The summed E-state index contributed by atoms with van der Waals surface area (Å²) in [7, 11) is 0. The molecular weight excluding hydrogens is 114 g/mol. The molecule has 0 bridgehead atoms. The molecule has 1 aliphatic carbocycles. The van der Waals surface area contributed by atoms with Gasteiger partial charge in [0.2, 0.25) is 5.91 Å². The molecule has 0 atom stereocenters. The molecule has 0 aromatic heterocycles. The fraction of sp³-hybridized carbons (Fsp3) is 0.857. The zero-order valence-corrected chi connectivity index (χ0v) is 5.98. The minimum absolute atomic E-state index is 0.144. The molecule has 0 heterocycles. The van der Waals surface area contributed by atoms with Gasteiger partial charge in [-0.05, 0) is 12.8 Å². The molecule has 0 saturated heterocycles. The second-order valence-corrected chi connectivity index (χ2v) is 2.94. The van der Waals surface area contributed by atoms with Gasteiger partial charge in [-0.25, -0.2) is 0 Å². The predicted octanol–water partition coefficient (Wildman–Crippen LogP) is 0.921. The van der Waals surface area contributed by atoms with Gasteiger partial charge in [-0.1, -0.05) is 13.8 Å². The maximum absolute atomic E-state index is 10.9. The third-order valence-corrected chi connectivity index (χ3v) is 1.45. The van der Waals surface area contributed by atoms with Crippen molar-refractivity contribution >= 4 is 5.91 Å². The summed E-state index contributed by atoms with van der Waals surface area (Å²) in [4.78, 5) is 10.9. The molecule has 1 fully saturated rings. The molecule has 52 valence electrons. The molecule has 2 heteroatoms. The summed E-state index contributed by atoms with van der Waals surface area (Å²) >= 11 is 0. The first kappa shape index (κ1) is 6.59. The van der Waals surface area contributed by atoms with Crippen molar-refractivity contribution in [1.82, 2.24) is 5.32 Å². The highest BCUT2D eigenvalue weighted by molar-refractivity contribution is 5.78. The van der Waals surface area contributed by atoms with Crippen molar-refractivity contribution in [2.45, 2.75) is 32.7 Å². The lowest BCUT2D eigenvalue weighted by Crippen LogP contribution is -2.29. The standard InChI is InChI=1S/C7H13NO/c1-5(2)7(9)8-6-3-4-6/h5-6H,3-4H2,1-2H3,(H,8,9). The molecule has 2 nitrogen and oxygen atoms in total. The molecule has 1 aliphatic rings. The fourth-order valence-corrected chi connectivity index (χ4v) is 0.596. The van der Waals surface area contributed by atoms with Gasteiger partial charge < -0.3 is 5.32 Å². The van der Waals surface area contributed by atoms with Gasteiger partial charge in [-0.2, -0.15) is 0 Å². The Morgan fingerprint density at radius 2 is 2.11 bits per heavy atom. The molecule has 0 radical (unpaired) electrons. The van der Waals surface area contributed by atoms with Crippen LogP contribution in [0.2, 0.25) is 0 Å². The second-order valence-electron chi connectivity index (χ2n) is 2.94. The molecule has 0 unspecified atom stereocenters. The molecular formula is C7H13NO. The maximum Gasteiger partial charge on any atom is 0.222 e. The van der Waals surface area contributed by atoms with Crippen LogP contribution in [0.1, 0.15) is 26.7 Å². The van der Waals surface area contributed by atoms with Crippen molar-refractivity contribution < 1.29 is 4.79 Å². The number of hydrogen-bond donors (Lipinski definition) is 1. The Balaban J connectivity index is 2.17. The summed E-state index contributed by atoms with van der Waals surface area (Å²) in [5, 5.41) is 2.91. The number of carbonyl (C=O) groups excluding carboxylic acids is 1. The Labute approximate surface area is 55.6 Å². The lowest BCUT2D eigenvalue weighted by molar-refractivity contribution is -0.124. The summed E-state index contributed by atoms with van der Waals surface area (Å²) in [6.07, 6.45) is 2.36. The topological polar surface area (TPSA) is 29.1 Å². The number of carbonyl (C=O) groups is 1. The van der Waals surface area contributed by atoms with E-state index in [0.717, 1.165) is 0 Å². The minimum Gasteiger partial charge on any atom is -0.353 e. The van der Waals surface area contributed by atoms with E-state index in [1.807, 2.05) is 13.8 Å². The number of nitrogens with one attached hydrogen (secondary N) is 1. The Kier molecular flexibility index (Phi) is 1.74. The predicted molar refractivity (Wildman–Crippen MR) is 36.0 cm³/mol. The summed E-state index contributed by atoms with van der Waals surface area (Å²) in [6.45, 7) is 3.83. The third-order valence-electron chi connectivity index (χ3n) is 1.45. The molecule has 0 spiro atoms. The lowest BCUT2D eigenvalue weighted by Gasteiger charge is -2.04. The van der Waals surface area contributed by atoms with Crippen LogP contribution < -0.4 is 5.32 Å². The van der Waals surface area contributed by atoms with E-state index in [4.69, 9.17) is 0 Å². The quantitative estimate of drug-likeness (QED) is 0.587.